The van der Waals surface area contributed by atoms with Gasteiger partial charge in [0.05, 0.1) is 28.5 Å². The topological polar surface area (TPSA) is 156 Å². The van der Waals surface area contributed by atoms with Crippen LogP contribution in [-0.2, 0) is 16.1 Å². The summed E-state index contributed by atoms with van der Waals surface area (Å²) >= 11 is 10.0. The zero-order valence-electron chi connectivity index (χ0n) is 20.0. The third-order valence-electron chi connectivity index (χ3n) is 5.79. The van der Waals surface area contributed by atoms with Crippen LogP contribution in [0.1, 0.15) is 25.0 Å². The van der Waals surface area contributed by atoms with E-state index in [1.54, 1.807) is 4.98 Å². The summed E-state index contributed by atoms with van der Waals surface area (Å²) in [6, 6.07) is 6.53. The maximum absolute atomic E-state index is 13.1. The number of H-pyrrole nitrogens is 1. The maximum atomic E-state index is 13.1. The second-order valence-electron chi connectivity index (χ2n) is 8.17. The number of ether oxygens (including phenoxy) is 2. The summed E-state index contributed by atoms with van der Waals surface area (Å²) in [5, 5.41) is 5.56. The first-order valence-corrected chi connectivity index (χ1v) is 12.8. The van der Waals surface area contributed by atoms with Gasteiger partial charge in [0.1, 0.15) is 17.0 Å². The SMILES string of the molecule is CNC(=O)C1(N(c2cc(Oc3c(Cl)cc(-n4nc(C(F)F)c(=O)[nH]c4=O)cc3Cl)ccc2OC)S(=O)O)CC1. The summed E-state index contributed by atoms with van der Waals surface area (Å²) in [5.74, 6) is -0.328. The molecule has 1 atom stereocenters. The molecular weight excluding hydrogens is 587 g/mol. The van der Waals surface area contributed by atoms with Gasteiger partial charge in [0.25, 0.3) is 23.3 Å². The van der Waals surface area contributed by atoms with Crippen LogP contribution < -0.4 is 30.3 Å². The Kier molecular flexibility index (Phi) is 7.97. The Labute approximate surface area is 230 Å². The lowest BCUT2D eigenvalue weighted by molar-refractivity contribution is -0.122. The van der Waals surface area contributed by atoms with E-state index in [2.05, 4.69) is 10.4 Å². The van der Waals surface area contributed by atoms with Gasteiger partial charge >= 0.3 is 5.69 Å². The van der Waals surface area contributed by atoms with Crippen molar-refractivity contribution in [1.82, 2.24) is 20.1 Å². The minimum atomic E-state index is -3.25. The van der Waals surface area contributed by atoms with Gasteiger partial charge in [0.2, 0.25) is 5.91 Å². The number of aromatic nitrogens is 3. The average Bonchev–Trinajstić information content (AvgIpc) is 3.67. The summed E-state index contributed by atoms with van der Waals surface area (Å²) < 4.78 is 61.3. The lowest BCUT2D eigenvalue weighted by atomic mass is 10.2. The monoisotopic (exact) mass is 605 g/mol. The van der Waals surface area contributed by atoms with Gasteiger partial charge in [0.15, 0.2) is 11.4 Å². The molecule has 1 unspecified atom stereocenters. The van der Waals surface area contributed by atoms with Gasteiger partial charge < -0.3 is 14.8 Å². The molecule has 2 aromatic carbocycles. The van der Waals surface area contributed by atoms with Crippen LogP contribution in [0.2, 0.25) is 10.0 Å². The molecule has 17 heteroatoms. The highest BCUT2D eigenvalue weighted by Gasteiger charge is 2.57. The number of hydrogen-bond donors (Lipinski definition) is 3. The lowest BCUT2D eigenvalue weighted by Gasteiger charge is -2.30. The molecule has 1 fully saturated rings. The number of likely N-dealkylation sites (N-methyl/N-ethyl adjacent to an activating group) is 1. The Hall–Kier alpha value is -3.53. The molecular formula is C22H19Cl2F2N5O7S. The molecule has 0 aliphatic heterocycles. The van der Waals surface area contributed by atoms with Gasteiger partial charge in [-0.2, -0.15) is 9.78 Å². The van der Waals surface area contributed by atoms with Crippen molar-refractivity contribution < 1.29 is 31.8 Å². The fraction of sp³-hybridized carbons (Fsp3) is 0.273. The van der Waals surface area contributed by atoms with Crippen molar-refractivity contribution in [2.45, 2.75) is 24.8 Å². The van der Waals surface area contributed by atoms with Gasteiger partial charge in [-0.25, -0.2) is 22.1 Å². The molecule has 0 spiro atoms. The van der Waals surface area contributed by atoms with Crippen LogP contribution in [-0.4, -0.2) is 49.1 Å². The first-order chi connectivity index (χ1) is 18.4. The van der Waals surface area contributed by atoms with E-state index in [-0.39, 0.29) is 38.7 Å². The molecule has 12 nitrogen and oxygen atoms in total. The fourth-order valence-corrected chi connectivity index (χ4v) is 5.27. The molecule has 1 heterocycles. The van der Waals surface area contributed by atoms with Crippen LogP contribution in [0.15, 0.2) is 39.9 Å². The molecule has 1 aliphatic rings. The Balaban J connectivity index is 1.74. The Morgan fingerprint density at radius 2 is 1.90 bits per heavy atom. The van der Waals surface area contributed by atoms with Gasteiger partial charge in [-0.3, -0.25) is 19.1 Å². The first kappa shape index (κ1) is 28.5. The van der Waals surface area contributed by atoms with Crippen LogP contribution in [0.4, 0.5) is 14.5 Å². The van der Waals surface area contributed by atoms with Crippen LogP contribution in [0.25, 0.3) is 5.69 Å². The molecule has 0 radical (unpaired) electrons. The number of alkyl halides is 2. The predicted octanol–water partition coefficient (Wildman–Crippen LogP) is 3.19. The minimum Gasteiger partial charge on any atom is -0.495 e. The van der Waals surface area contributed by atoms with E-state index in [4.69, 9.17) is 32.7 Å². The van der Waals surface area contributed by atoms with Gasteiger partial charge in [-0.05, 0) is 37.1 Å². The number of halogens is 4. The van der Waals surface area contributed by atoms with Crippen LogP contribution >= 0.6 is 23.2 Å². The number of nitrogens with one attached hydrogen (secondary N) is 2. The normalized spacial score (nSPS) is 14.6. The van der Waals surface area contributed by atoms with Crippen molar-refractivity contribution in [3.8, 4) is 22.9 Å². The average molecular weight is 606 g/mol. The smallest absolute Gasteiger partial charge is 0.349 e. The number of amides is 1. The number of hydrogen-bond acceptors (Lipinski definition) is 7. The minimum absolute atomic E-state index is 0.0734. The summed E-state index contributed by atoms with van der Waals surface area (Å²) in [4.78, 5) is 38.0. The molecule has 4 rings (SSSR count). The van der Waals surface area contributed by atoms with Gasteiger partial charge in [-0.15, -0.1) is 0 Å². The summed E-state index contributed by atoms with van der Waals surface area (Å²) in [5.41, 5.74) is -4.95. The van der Waals surface area contributed by atoms with Crippen LogP contribution in [0.3, 0.4) is 0 Å². The standard InChI is InChI=1S/C22H19Cl2F2N5O7S/c1-27-20(33)22(5-6-22)31(39(35)36)14-9-11(3-4-15(14)37-2)38-17-12(23)7-10(8-13(17)24)30-21(34)28-19(32)16(29-30)18(25)26/h3-4,7-9,18H,5-6H2,1-2H3,(H,27,33)(H,35,36)(H,28,32,34). The second-order valence-corrected chi connectivity index (χ2v) is 9.81. The summed E-state index contributed by atoms with van der Waals surface area (Å²) in [7, 11) is 2.76. The van der Waals surface area contributed by atoms with Crippen molar-refractivity contribution in [1.29, 1.82) is 0 Å². The van der Waals surface area contributed by atoms with E-state index in [0.29, 0.717) is 17.5 Å². The van der Waals surface area contributed by atoms with E-state index in [1.807, 2.05) is 0 Å². The number of nitrogens with zero attached hydrogens (tertiary/aromatic N) is 3. The lowest BCUT2D eigenvalue weighted by Crippen LogP contribution is -2.49. The fourth-order valence-electron chi connectivity index (χ4n) is 3.84. The van der Waals surface area contributed by atoms with Gasteiger partial charge in [0, 0.05) is 13.1 Å². The Morgan fingerprint density at radius 3 is 2.41 bits per heavy atom. The number of anilines is 1. The third-order valence-corrected chi connectivity index (χ3v) is 7.21. The highest BCUT2D eigenvalue weighted by atomic mass is 35.5. The number of carbonyl (C=O) groups excluding carboxylic acids is 1. The van der Waals surface area contributed by atoms with Crippen molar-refractivity contribution in [2.24, 2.45) is 0 Å². The quantitative estimate of drug-likeness (QED) is 0.314. The molecule has 0 saturated heterocycles. The molecule has 3 aromatic rings. The van der Waals surface area contributed by atoms with E-state index in [1.165, 1.54) is 32.4 Å². The Bertz CT molecular complexity index is 1570. The van der Waals surface area contributed by atoms with Crippen molar-refractivity contribution in [3.05, 3.63) is 66.9 Å². The van der Waals surface area contributed by atoms with Crippen LogP contribution in [0.5, 0.6) is 17.2 Å². The number of benzene rings is 2. The number of carbonyl (C=O) groups is 1. The highest BCUT2D eigenvalue weighted by molar-refractivity contribution is 7.80. The second kappa shape index (κ2) is 10.9. The molecule has 1 aliphatic carbocycles. The number of rotatable bonds is 9. The molecule has 3 N–H and O–H groups in total. The summed E-state index contributed by atoms with van der Waals surface area (Å²) in [6.45, 7) is 0. The Morgan fingerprint density at radius 1 is 1.26 bits per heavy atom. The van der Waals surface area contributed by atoms with Crippen molar-refractivity contribution in [2.75, 3.05) is 18.5 Å². The molecule has 208 valence electrons. The molecule has 39 heavy (non-hydrogen) atoms. The van der Waals surface area contributed by atoms with Crippen LogP contribution in [0, 0.1) is 0 Å². The molecule has 1 aromatic heterocycles. The molecule has 1 amide bonds. The van der Waals surface area contributed by atoms with E-state index < -0.39 is 46.1 Å². The molecule has 1 saturated carbocycles. The van der Waals surface area contributed by atoms with Crippen molar-refractivity contribution >= 4 is 46.1 Å². The zero-order valence-corrected chi connectivity index (χ0v) is 22.4. The maximum Gasteiger partial charge on any atom is 0.349 e. The number of methoxy groups -OCH3 is 1. The van der Waals surface area contributed by atoms with E-state index in [0.717, 1.165) is 16.4 Å². The van der Waals surface area contributed by atoms with E-state index >= 15 is 0 Å². The predicted molar refractivity (Wildman–Crippen MR) is 138 cm³/mol. The first-order valence-electron chi connectivity index (χ1n) is 10.9. The van der Waals surface area contributed by atoms with E-state index in [9.17, 15) is 31.9 Å². The van der Waals surface area contributed by atoms with Gasteiger partial charge in [-0.1, -0.05) is 23.2 Å². The zero-order chi connectivity index (χ0) is 28.6. The summed E-state index contributed by atoms with van der Waals surface area (Å²) in [6.07, 6.45) is -2.61. The number of aromatic amines is 1. The highest BCUT2D eigenvalue weighted by Crippen LogP contribution is 2.49. The molecule has 0 bridgehead atoms. The largest absolute Gasteiger partial charge is 0.495 e. The van der Waals surface area contributed by atoms with Crippen molar-refractivity contribution in [3.63, 3.8) is 0 Å². The third kappa shape index (κ3) is 5.34.